The topological polar surface area (TPSA) is 59.4 Å². The first-order chi connectivity index (χ1) is 8.30. The number of aryl methyl sites for hydroxylation is 2. The molecule has 0 radical (unpaired) electrons. The molecule has 0 saturated heterocycles. The van der Waals surface area contributed by atoms with Crippen LogP contribution in [0.1, 0.15) is 46.3 Å². The van der Waals surface area contributed by atoms with Crippen LogP contribution in [0.5, 0.6) is 0 Å². The molecule has 0 fully saturated rings. The van der Waals surface area contributed by atoms with Gasteiger partial charge in [-0.05, 0) is 37.3 Å². The largest absolute Gasteiger partial charge is 0.393 e. The second-order valence-corrected chi connectivity index (χ2v) is 4.30. The van der Waals surface area contributed by atoms with Crippen molar-refractivity contribution in [1.29, 1.82) is 0 Å². The van der Waals surface area contributed by atoms with Crippen LogP contribution in [0.25, 0.3) is 0 Å². The molecule has 4 heteroatoms. The average Bonchev–Trinajstić information content (AvgIpc) is 2.39. The van der Waals surface area contributed by atoms with Crippen LogP contribution in [0.15, 0.2) is 6.07 Å². The number of methoxy groups -OCH3 is 1. The van der Waals surface area contributed by atoms with Crippen molar-refractivity contribution in [2.75, 3.05) is 13.7 Å². The molecule has 1 atom stereocenters. The predicted molar refractivity (Wildman–Crippen MR) is 63.1 cm³/mol. The van der Waals surface area contributed by atoms with E-state index in [0.29, 0.717) is 11.3 Å². The number of carbonyl (C=O) groups excluding carboxylic acids is 1. The summed E-state index contributed by atoms with van der Waals surface area (Å²) in [5.74, 6) is 0. The Labute approximate surface area is 101 Å². The number of hydrogen-bond donors (Lipinski definition) is 1. The number of aliphatic hydroxyl groups is 1. The number of aromatic nitrogens is 1. The van der Waals surface area contributed by atoms with Gasteiger partial charge >= 0.3 is 0 Å². The van der Waals surface area contributed by atoms with Gasteiger partial charge in [0.1, 0.15) is 6.10 Å². The van der Waals surface area contributed by atoms with Gasteiger partial charge in [0.2, 0.25) is 0 Å². The van der Waals surface area contributed by atoms with Crippen molar-refractivity contribution in [1.82, 2.24) is 4.98 Å². The molecule has 1 heterocycles. The van der Waals surface area contributed by atoms with Crippen LogP contribution >= 0.6 is 0 Å². The molecule has 0 aliphatic heterocycles. The van der Waals surface area contributed by atoms with E-state index in [0.717, 1.165) is 43.2 Å². The highest BCUT2D eigenvalue weighted by Gasteiger charge is 2.20. The van der Waals surface area contributed by atoms with Gasteiger partial charge in [0.25, 0.3) is 0 Å². The van der Waals surface area contributed by atoms with Crippen molar-refractivity contribution in [2.24, 2.45) is 0 Å². The van der Waals surface area contributed by atoms with Crippen LogP contribution in [-0.2, 0) is 17.6 Å². The Morgan fingerprint density at radius 1 is 1.53 bits per heavy atom. The van der Waals surface area contributed by atoms with E-state index >= 15 is 0 Å². The lowest BCUT2D eigenvalue weighted by Gasteiger charge is -2.20. The number of carbonyl (C=O) groups is 1. The Morgan fingerprint density at radius 3 is 2.94 bits per heavy atom. The molecule has 0 spiro atoms. The summed E-state index contributed by atoms with van der Waals surface area (Å²) in [4.78, 5) is 15.6. The lowest BCUT2D eigenvalue weighted by atomic mass is 9.93. The zero-order valence-electron chi connectivity index (χ0n) is 9.98. The van der Waals surface area contributed by atoms with E-state index in [-0.39, 0.29) is 6.61 Å². The number of hydrogen-bond acceptors (Lipinski definition) is 4. The van der Waals surface area contributed by atoms with Gasteiger partial charge in [-0.25, -0.2) is 0 Å². The zero-order chi connectivity index (χ0) is 12.3. The fourth-order valence-corrected chi connectivity index (χ4v) is 2.29. The minimum Gasteiger partial charge on any atom is -0.393 e. The molecule has 1 aromatic heterocycles. The Hall–Kier alpha value is -1.26. The fraction of sp³-hybridized carbons (Fsp3) is 0.538. The maximum absolute atomic E-state index is 11.1. The van der Waals surface area contributed by atoms with Crippen LogP contribution < -0.4 is 0 Å². The zero-order valence-corrected chi connectivity index (χ0v) is 9.98. The maximum atomic E-state index is 11.1. The molecule has 1 N–H and O–H groups in total. The maximum Gasteiger partial charge on any atom is 0.151 e. The molecule has 17 heavy (non-hydrogen) atoms. The van der Waals surface area contributed by atoms with E-state index in [4.69, 9.17) is 4.74 Å². The molecular weight excluding hydrogens is 218 g/mol. The Bertz CT molecular complexity index is 413. The molecule has 0 amide bonds. The normalized spacial score (nSPS) is 16.4. The van der Waals surface area contributed by atoms with Crippen molar-refractivity contribution in [3.8, 4) is 0 Å². The highest BCUT2D eigenvalue weighted by Crippen LogP contribution is 2.25. The van der Waals surface area contributed by atoms with E-state index < -0.39 is 6.10 Å². The average molecular weight is 235 g/mol. The summed E-state index contributed by atoms with van der Waals surface area (Å²) < 4.78 is 5.15. The third-order valence-corrected chi connectivity index (χ3v) is 3.24. The monoisotopic (exact) mass is 235 g/mol. The smallest absolute Gasteiger partial charge is 0.151 e. The van der Waals surface area contributed by atoms with Crippen molar-refractivity contribution in [3.05, 3.63) is 28.6 Å². The van der Waals surface area contributed by atoms with Gasteiger partial charge in [0, 0.05) is 18.4 Å². The van der Waals surface area contributed by atoms with Gasteiger partial charge < -0.3 is 9.84 Å². The molecule has 1 aromatic rings. The third kappa shape index (κ3) is 2.37. The minimum atomic E-state index is -0.512. The van der Waals surface area contributed by atoms with E-state index in [2.05, 4.69) is 4.98 Å². The molecule has 0 bridgehead atoms. The lowest BCUT2D eigenvalue weighted by Crippen LogP contribution is -2.16. The Morgan fingerprint density at radius 2 is 2.29 bits per heavy atom. The van der Waals surface area contributed by atoms with Crippen LogP contribution in [-0.4, -0.2) is 30.1 Å². The SMILES string of the molecule is COC(CO)c1nc2c(cc1C=O)CCCC2. The molecular formula is C13H17NO3. The van der Waals surface area contributed by atoms with E-state index in [1.54, 1.807) is 0 Å². The van der Waals surface area contributed by atoms with Gasteiger partial charge in [-0.2, -0.15) is 0 Å². The van der Waals surface area contributed by atoms with Gasteiger partial charge in [-0.15, -0.1) is 0 Å². The fourth-order valence-electron chi connectivity index (χ4n) is 2.29. The predicted octanol–water partition coefficient (Wildman–Crippen LogP) is 1.45. The number of aldehydes is 1. The van der Waals surface area contributed by atoms with E-state index in [1.165, 1.54) is 7.11 Å². The molecule has 0 aromatic carbocycles. The van der Waals surface area contributed by atoms with Crippen molar-refractivity contribution < 1.29 is 14.6 Å². The second kappa shape index (κ2) is 5.38. The van der Waals surface area contributed by atoms with Gasteiger partial charge in [0.15, 0.2) is 6.29 Å². The number of pyridine rings is 1. The van der Waals surface area contributed by atoms with Crippen LogP contribution in [0.4, 0.5) is 0 Å². The first-order valence-corrected chi connectivity index (χ1v) is 5.91. The molecule has 92 valence electrons. The van der Waals surface area contributed by atoms with Crippen molar-refractivity contribution >= 4 is 6.29 Å². The summed E-state index contributed by atoms with van der Waals surface area (Å²) in [6.45, 7) is -0.164. The Balaban J connectivity index is 2.46. The summed E-state index contributed by atoms with van der Waals surface area (Å²) in [5, 5.41) is 9.22. The highest BCUT2D eigenvalue weighted by atomic mass is 16.5. The number of rotatable bonds is 4. The van der Waals surface area contributed by atoms with E-state index in [9.17, 15) is 9.90 Å². The summed E-state index contributed by atoms with van der Waals surface area (Å²) in [5.41, 5.74) is 3.31. The summed E-state index contributed by atoms with van der Waals surface area (Å²) >= 11 is 0. The Kier molecular flexibility index (Phi) is 3.86. The first-order valence-electron chi connectivity index (χ1n) is 5.91. The van der Waals surface area contributed by atoms with E-state index in [1.807, 2.05) is 6.07 Å². The number of ether oxygens (including phenoxy) is 1. The number of fused-ring (bicyclic) bond motifs is 1. The first kappa shape index (κ1) is 12.2. The molecule has 0 saturated carbocycles. The van der Waals surface area contributed by atoms with Crippen LogP contribution in [0.2, 0.25) is 0 Å². The van der Waals surface area contributed by atoms with Gasteiger partial charge in [-0.3, -0.25) is 9.78 Å². The molecule has 1 unspecified atom stereocenters. The van der Waals surface area contributed by atoms with Gasteiger partial charge in [0.05, 0.1) is 12.3 Å². The lowest BCUT2D eigenvalue weighted by molar-refractivity contribution is 0.0447. The molecule has 1 aliphatic carbocycles. The van der Waals surface area contributed by atoms with Crippen LogP contribution in [0, 0.1) is 0 Å². The second-order valence-electron chi connectivity index (χ2n) is 4.30. The summed E-state index contributed by atoms with van der Waals surface area (Å²) in [7, 11) is 1.51. The van der Waals surface area contributed by atoms with Crippen molar-refractivity contribution in [3.63, 3.8) is 0 Å². The molecule has 4 nitrogen and oxygen atoms in total. The quantitative estimate of drug-likeness (QED) is 0.802. The third-order valence-electron chi connectivity index (χ3n) is 3.24. The van der Waals surface area contributed by atoms with Gasteiger partial charge in [-0.1, -0.05) is 0 Å². The van der Waals surface area contributed by atoms with Crippen LogP contribution in [0.3, 0.4) is 0 Å². The standard InChI is InChI=1S/C13H17NO3/c1-17-12(8-16)13-10(7-15)6-9-4-2-3-5-11(9)14-13/h6-7,12,16H,2-5,8H2,1H3. The number of nitrogens with zero attached hydrogens (tertiary/aromatic N) is 1. The van der Waals surface area contributed by atoms with Crippen molar-refractivity contribution in [2.45, 2.75) is 31.8 Å². The minimum absolute atomic E-state index is 0.164. The number of aliphatic hydroxyl groups excluding tert-OH is 1. The molecule has 2 rings (SSSR count). The summed E-state index contributed by atoms with van der Waals surface area (Å²) in [6, 6.07) is 1.89. The summed E-state index contributed by atoms with van der Waals surface area (Å²) in [6.07, 6.45) is 4.50. The molecule has 1 aliphatic rings. The highest BCUT2D eigenvalue weighted by molar-refractivity contribution is 5.77.